The van der Waals surface area contributed by atoms with Crippen molar-refractivity contribution in [3.8, 4) is 56.0 Å². The summed E-state index contributed by atoms with van der Waals surface area (Å²) in [5, 5.41) is 23.5. The average molecular weight is 557 g/mol. The molecule has 2 nitrogen and oxygen atoms in total. The highest BCUT2D eigenvalue weighted by Crippen LogP contribution is 2.47. The molecule has 43 heavy (non-hydrogen) atoms. The van der Waals surface area contributed by atoms with Gasteiger partial charge in [-0.15, -0.1) is 0 Å². The molecule has 2 aliphatic rings. The van der Waals surface area contributed by atoms with Crippen LogP contribution >= 0.6 is 0 Å². The molecule has 0 unspecified atom stereocenters. The van der Waals surface area contributed by atoms with Crippen molar-refractivity contribution in [3.05, 3.63) is 154 Å². The van der Waals surface area contributed by atoms with Crippen LogP contribution in [0.2, 0.25) is 0 Å². The molecule has 0 radical (unpaired) electrons. The van der Waals surface area contributed by atoms with Crippen molar-refractivity contribution >= 4 is 0 Å². The predicted molar refractivity (Wildman–Crippen MR) is 176 cm³/mol. The SMILES string of the molecule is Cc1cc(Cc2cc(C)cc(-c3cccc4c3Cc3ccccc3-4)c2O)c(O)c(-c2cccc3c2Cc2ccccc2-3)c1. The van der Waals surface area contributed by atoms with Crippen LogP contribution in [-0.2, 0) is 19.3 Å². The van der Waals surface area contributed by atoms with E-state index in [0.29, 0.717) is 6.42 Å². The van der Waals surface area contributed by atoms with Crippen LogP contribution in [0.25, 0.3) is 44.5 Å². The minimum atomic E-state index is 0.286. The zero-order valence-electron chi connectivity index (χ0n) is 24.4. The maximum Gasteiger partial charge on any atom is 0.126 e. The molecule has 0 aromatic heterocycles. The maximum atomic E-state index is 11.8. The molecule has 0 saturated carbocycles. The molecular formula is C41H32O2. The molecule has 0 heterocycles. The van der Waals surface area contributed by atoms with Gasteiger partial charge >= 0.3 is 0 Å². The first-order valence-electron chi connectivity index (χ1n) is 15.0. The molecule has 2 heteroatoms. The first kappa shape index (κ1) is 25.6. The van der Waals surface area contributed by atoms with Gasteiger partial charge in [0.15, 0.2) is 0 Å². The smallest absolute Gasteiger partial charge is 0.126 e. The van der Waals surface area contributed by atoms with Crippen molar-refractivity contribution in [2.24, 2.45) is 0 Å². The van der Waals surface area contributed by atoms with Crippen LogP contribution in [0.4, 0.5) is 0 Å². The van der Waals surface area contributed by atoms with E-state index >= 15 is 0 Å². The second-order valence-electron chi connectivity index (χ2n) is 12.1. The quantitative estimate of drug-likeness (QED) is 0.226. The number of phenolic OH excluding ortho intramolecular Hbond substituents is 2. The number of aryl methyl sites for hydroxylation is 2. The van der Waals surface area contributed by atoms with E-state index in [9.17, 15) is 10.2 Å². The fourth-order valence-electron chi connectivity index (χ4n) is 7.41. The first-order chi connectivity index (χ1) is 21.0. The van der Waals surface area contributed by atoms with Gasteiger partial charge in [-0.25, -0.2) is 0 Å². The zero-order chi connectivity index (χ0) is 29.2. The summed E-state index contributed by atoms with van der Waals surface area (Å²) >= 11 is 0. The van der Waals surface area contributed by atoms with E-state index in [1.807, 2.05) is 0 Å². The van der Waals surface area contributed by atoms with Gasteiger partial charge in [0.05, 0.1) is 0 Å². The molecule has 208 valence electrons. The molecule has 0 bridgehead atoms. The van der Waals surface area contributed by atoms with E-state index in [4.69, 9.17) is 0 Å². The van der Waals surface area contributed by atoms with Crippen molar-refractivity contribution in [2.75, 3.05) is 0 Å². The molecule has 0 amide bonds. The molecule has 0 fully saturated rings. The standard InChI is InChI=1S/C41H32O2/c1-24-17-28(40(42)38(19-24)34-15-7-13-32-30-11-5-3-9-26(30)22-36(32)34)21-29-18-25(2)20-39(41(29)43)35-16-8-14-33-31-12-6-4-10-27(31)23-37(33)35/h3-20,42-43H,21-23H2,1-2H3. The number of hydrogen-bond donors (Lipinski definition) is 2. The van der Waals surface area contributed by atoms with Crippen molar-refractivity contribution in [1.29, 1.82) is 0 Å². The minimum absolute atomic E-state index is 0.286. The summed E-state index contributed by atoms with van der Waals surface area (Å²) in [5.74, 6) is 0.571. The summed E-state index contributed by atoms with van der Waals surface area (Å²) in [6.07, 6.45) is 2.15. The molecule has 2 aliphatic carbocycles. The van der Waals surface area contributed by atoms with Gasteiger partial charge in [0.2, 0.25) is 0 Å². The number of phenols is 2. The van der Waals surface area contributed by atoms with E-state index < -0.39 is 0 Å². The normalized spacial score (nSPS) is 12.5. The summed E-state index contributed by atoms with van der Waals surface area (Å²) in [6, 6.07) is 38.2. The Labute approximate surface area is 252 Å². The molecule has 2 N–H and O–H groups in total. The molecule has 6 aromatic carbocycles. The van der Waals surface area contributed by atoms with Crippen LogP contribution in [0, 0.1) is 13.8 Å². The minimum Gasteiger partial charge on any atom is -0.507 e. The Morgan fingerprint density at radius 2 is 0.814 bits per heavy atom. The fourth-order valence-corrected chi connectivity index (χ4v) is 7.41. The Morgan fingerprint density at radius 3 is 1.26 bits per heavy atom. The topological polar surface area (TPSA) is 40.5 Å². The number of fused-ring (bicyclic) bond motifs is 6. The molecule has 0 atom stereocenters. The lowest BCUT2D eigenvalue weighted by molar-refractivity contribution is 0.464. The lowest BCUT2D eigenvalue weighted by Gasteiger charge is -2.18. The highest BCUT2D eigenvalue weighted by Gasteiger charge is 2.25. The van der Waals surface area contributed by atoms with Crippen LogP contribution < -0.4 is 0 Å². The maximum absolute atomic E-state index is 11.8. The molecule has 8 rings (SSSR count). The highest BCUT2D eigenvalue weighted by molar-refractivity contribution is 5.88. The lowest BCUT2D eigenvalue weighted by Crippen LogP contribution is -1.97. The van der Waals surface area contributed by atoms with Crippen LogP contribution in [0.1, 0.15) is 44.5 Å². The summed E-state index contributed by atoms with van der Waals surface area (Å²) in [6.45, 7) is 4.16. The van der Waals surface area contributed by atoms with E-state index in [1.165, 1.54) is 44.5 Å². The van der Waals surface area contributed by atoms with Gasteiger partial charge in [-0.05, 0) is 117 Å². The van der Waals surface area contributed by atoms with Gasteiger partial charge in [-0.2, -0.15) is 0 Å². The van der Waals surface area contributed by atoms with Crippen molar-refractivity contribution in [2.45, 2.75) is 33.1 Å². The summed E-state index contributed by atoms with van der Waals surface area (Å²) < 4.78 is 0. The van der Waals surface area contributed by atoms with E-state index in [2.05, 4.69) is 123 Å². The molecule has 0 saturated heterocycles. The number of rotatable bonds is 4. The Bertz CT molecular complexity index is 1950. The number of aromatic hydroxyl groups is 2. The lowest BCUT2D eigenvalue weighted by atomic mass is 9.89. The Hall–Kier alpha value is -5.08. The third-order valence-electron chi connectivity index (χ3n) is 9.33. The van der Waals surface area contributed by atoms with Gasteiger partial charge in [0, 0.05) is 17.5 Å². The van der Waals surface area contributed by atoms with E-state index in [-0.39, 0.29) is 11.5 Å². The second-order valence-corrected chi connectivity index (χ2v) is 12.1. The van der Waals surface area contributed by atoms with Gasteiger partial charge < -0.3 is 10.2 Å². The Kier molecular flexibility index (Phi) is 5.80. The van der Waals surface area contributed by atoms with Gasteiger partial charge in [0.25, 0.3) is 0 Å². The van der Waals surface area contributed by atoms with Crippen LogP contribution in [0.5, 0.6) is 11.5 Å². The van der Waals surface area contributed by atoms with Gasteiger partial charge in [0.1, 0.15) is 11.5 Å². The van der Waals surface area contributed by atoms with E-state index in [0.717, 1.165) is 57.3 Å². The summed E-state index contributed by atoms with van der Waals surface area (Å²) in [7, 11) is 0. The molecule has 6 aromatic rings. The average Bonchev–Trinajstić information content (AvgIpc) is 3.59. The zero-order valence-corrected chi connectivity index (χ0v) is 24.4. The summed E-state index contributed by atoms with van der Waals surface area (Å²) in [5.41, 5.74) is 17.9. The fraction of sp³-hybridized carbons (Fsp3) is 0.122. The molecular weight excluding hydrogens is 524 g/mol. The van der Waals surface area contributed by atoms with Crippen LogP contribution in [0.3, 0.4) is 0 Å². The van der Waals surface area contributed by atoms with E-state index in [1.54, 1.807) is 0 Å². The van der Waals surface area contributed by atoms with Gasteiger partial charge in [-0.1, -0.05) is 97.1 Å². The monoisotopic (exact) mass is 556 g/mol. The summed E-state index contributed by atoms with van der Waals surface area (Å²) in [4.78, 5) is 0. The van der Waals surface area contributed by atoms with Crippen molar-refractivity contribution < 1.29 is 10.2 Å². The third-order valence-corrected chi connectivity index (χ3v) is 9.33. The largest absolute Gasteiger partial charge is 0.507 e. The Morgan fingerprint density at radius 1 is 0.442 bits per heavy atom. The van der Waals surface area contributed by atoms with Crippen LogP contribution in [-0.4, -0.2) is 10.2 Å². The van der Waals surface area contributed by atoms with Crippen molar-refractivity contribution in [1.82, 2.24) is 0 Å². The second kappa shape index (κ2) is 9.74. The molecule has 0 aliphatic heterocycles. The van der Waals surface area contributed by atoms with Gasteiger partial charge in [-0.3, -0.25) is 0 Å². The van der Waals surface area contributed by atoms with Crippen molar-refractivity contribution in [3.63, 3.8) is 0 Å². The first-order valence-corrected chi connectivity index (χ1v) is 15.0. The highest BCUT2D eigenvalue weighted by atomic mass is 16.3. The molecule has 0 spiro atoms. The van der Waals surface area contributed by atoms with Crippen LogP contribution in [0.15, 0.2) is 109 Å². The third kappa shape index (κ3) is 4.09. The Balaban J connectivity index is 1.21. The number of hydrogen-bond acceptors (Lipinski definition) is 2. The number of benzene rings is 6. The predicted octanol–water partition coefficient (Wildman–Crippen LogP) is 9.78.